The van der Waals surface area contributed by atoms with Crippen LogP contribution in [0.15, 0.2) is 59.3 Å². The molecule has 0 radical (unpaired) electrons. The summed E-state index contributed by atoms with van der Waals surface area (Å²) in [6.45, 7) is 5.48. The first kappa shape index (κ1) is 25.1. The lowest BCUT2D eigenvalue weighted by atomic mass is 10.1. The number of rotatable bonds is 11. The van der Waals surface area contributed by atoms with Crippen molar-refractivity contribution in [3.05, 3.63) is 77.5 Å². The first-order valence-electron chi connectivity index (χ1n) is 11.4. The molecule has 8 heteroatoms. The number of nitrogens with zero attached hydrogens (tertiary/aromatic N) is 3. The van der Waals surface area contributed by atoms with E-state index >= 15 is 0 Å². The lowest BCUT2D eigenvalue weighted by Crippen LogP contribution is -2.45. The topological polar surface area (TPSA) is 80.0 Å². The molecule has 0 unspecified atom stereocenters. The van der Waals surface area contributed by atoms with Gasteiger partial charge in [-0.05, 0) is 55.7 Å². The Bertz CT molecular complexity index is 1050. The highest BCUT2D eigenvalue weighted by Gasteiger charge is 2.23. The summed E-state index contributed by atoms with van der Waals surface area (Å²) >= 11 is 0. The minimum atomic E-state index is -0.307. The summed E-state index contributed by atoms with van der Waals surface area (Å²) in [6, 6.07) is 13.1. The van der Waals surface area contributed by atoms with Crippen LogP contribution in [0.25, 0.3) is 0 Å². The van der Waals surface area contributed by atoms with Crippen LogP contribution in [0.3, 0.4) is 0 Å². The van der Waals surface area contributed by atoms with Crippen LogP contribution in [-0.2, 0) is 29.7 Å². The summed E-state index contributed by atoms with van der Waals surface area (Å²) in [5, 5.41) is 3.00. The average molecular weight is 467 g/mol. The van der Waals surface area contributed by atoms with E-state index in [-0.39, 0.29) is 18.5 Å². The molecule has 34 heavy (non-hydrogen) atoms. The number of aryl methyl sites for hydroxylation is 3. The number of carbonyl (C=O) groups is 2. The number of hydrogen-bond acceptors (Lipinski definition) is 4. The first-order valence-corrected chi connectivity index (χ1v) is 11.4. The highest BCUT2D eigenvalue weighted by atomic mass is 16.5. The van der Waals surface area contributed by atoms with Crippen molar-refractivity contribution in [1.29, 1.82) is 0 Å². The van der Waals surface area contributed by atoms with Crippen molar-refractivity contribution in [2.75, 3.05) is 32.1 Å². The molecule has 2 aromatic heterocycles. The Hall–Kier alpha value is -3.52. The van der Waals surface area contributed by atoms with Crippen LogP contribution in [0, 0.1) is 13.8 Å². The van der Waals surface area contributed by atoms with Crippen molar-refractivity contribution in [2.45, 2.75) is 33.4 Å². The third kappa shape index (κ3) is 6.74. The Morgan fingerprint density at radius 2 is 1.79 bits per heavy atom. The van der Waals surface area contributed by atoms with Gasteiger partial charge in [-0.2, -0.15) is 0 Å². The number of carbonyl (C=O) groups excluding carboxylic acids is 2. The van der Waals surface area contributed by atoms with E-state index in [0.29, 0.717) is 38.4 Å². The number of ether oxygens (including phenoxy) is 1. The summed E-state index contributed by atoms with van der Waals surface area (Å²) in [4.78, 5) is 30.0. The highest BCUT2D eigenvalue weighted by Crippen LogP contribution is 2.20. The van der Waals surface area contributed by atoms with Gasteiger partial charge >= 0.3 is 6.03 Å². The molecular weight excluding hydrogens is 432 g/mol. The molecule has 1 N–H and O–H groups in total. The Morgan fingerprint density at radius 1 is 1.03 bits per heavy atom. The average Bonchev–Trinajstić information content (AvgIpc) is 3.47. The Kier molecular flexibility index (Phi) is 8.93. The van der Waals surface area contributed by atoms with Gasteiger partial charge < -0.3 is 28.8 Å². The zero-order valence-corrected chi connectivity index (χ0v) is 20.4. The molecule has 182 valence electrons. The van der Waals surface area contributed by atoms with Gasteiger partial charge in [-0.15, -0.1) is 0 Å². The van der Waals surface area contributed by atoms with Crippen LogP contribution in [0.2, 0.25) is 0 Å². The molecular formula is C26H34N4O4. The SMILES string of the molecule is COCCCN(CC(=O)N(Cc1ccco1)Cc1cccn1C)C(=O)Nc1c(C)cccc1C. The van der Waals surface area contributed by atoms with Crippen LogP contribution in [0.1, 0.15) is 29.0 Å². The number of benzene rings is 1. The summed E-state index contributed by atoms with van der Waals surface area (Å²) in [6.07, 6.45) is 4.16. The van der Waals surface area contributed by atoms with Crippen LogP contribution in [0.4, 0.5) is 10.5 Å². The van der Waals surface area contributed by atoms with E-state index in [1.807, 2.05) is 68.1 Å². The molecule has 2 heterocycles. The van der Waals surface area contributed by atoms with Crippen LogP contribution < -0.4 is 5.32 Å². The lowest BCUT2D eigenvalue weighted by Gasteiger charge is -2.28. The van der Waals surface area contributed by atoms with E-state index in [0.717, 1.165) is 22.5 Å². The fourth-order valence-corrected chi connectivity index (χ4v) is 3.79. The van der Waals surface area contributed by atoms with Crippen molar-refractivity contribution in [3.63, 3.8) is 0 Å². The number of anilines is 1. The summed E-state index contributed by atoms with van der Waals surface area (Å²) in [5.41, 5.74) is 3.71. The maximum atomic E-state index is 13.5. The first-order chi connectivity index (χ1) is 16.4. The molecule has 0 spiro atoms. The van der Waals surface area contributed by atoms with Crippen molar-refractivity contribution in [1.82, 2.24) is 14.4 Å². The van der Waals surface area contributed by atoms with E-state index in [1.54, 1.807) is 29.2 Å². The highest BCUT2D eigenvalue weighted by molar-refractivity contribution is 5.93. The minimum absolute atomic E-state index is 0.0500. The number of aromatic nitrogens is 1. The maximum absolute atomic E-state index is 13.5. The van der Waals surface area contributed by atoms with Gasteiger partial charge in [0.2, 0.25) is 5.91 Å². The fraction of sp³-hybridized carbons (Fsp3) is 0.385. The number of nitrogens with one attached hydrogen (secondary N) is 1. The molecule has 0 fully saturated rings. The van der Waals surface area contributed by atoms with Crippen LogP contribution in [0.5, 0.6) is 0 Å². The van der Waals surface area contributed by atoms with E-state index in [9.17, 15) is 9.59 Å². The van der Waals surface area contributed by atoms with Crippen molar-refractivity contribution < 1.29 is 18.7 Å². The molecule has 0 saturated carbocycles. The van der Waals surface area contributed by atoms with Gasteiger partial charge in [0.25, 0.3) is 0 Å². The molecule has 0 aliphatic heterocycles. The van der Waals surface area contributed by atoms with Crippen molar-refractivity contribution >= 4 is 17.6 Å². The molecule has 8 nitrogen and oxygen atoms in total. The maximum Gasteiger partial charge on any atom is 0.322 e. The van der Waals surface area contributed by atoms with Gasteiger partial charge in [0, 0.05) is 44.9 Å². The van der Waals surface area contributed by atoms with Crippen molar-refractivity contribution in [2.24, 2.45) is 7.05 Å². The number of furan rings is 1. The Morgan fingerprint density at radius 3 is 2.41 bits per heavy atom. The second kappa shape index (κ2) is 12.1. The number of hydrogen-bond donors (Lipinski definition) is 1. The van der Waals surface area contributed by atoms with Gasteiger partial charge in [0.05, 0.1) is 19.4 Å². The largest absolute Gasteiger partial charge is 0.467 e. The number of para-hydroxylation sites is 1. The van der Waals surface area contributed by atoms with Crippen LogP contribution in [-0.4, -0.2) is 53.1 Å². The van der Waals surface area contributed by atoms with Gasteiger partial charge in [0.15, 0.2) is 0 Å². The molecule has 0 aliphatic carbocycles. The standard InChI is InChI=1S/C26H34N4O4/c1-20-9-5-10-21(2)25(20)27-26(32)29(14-8-15-33-4)19-24(31)30(18-23-12-7-16-34-23)17-22-11-6-13-28(22)3/h5-7,9-13,16H,8,14-15,17-19H2,1-4H3,(H,27,32). The van der Waals surface area contributed by atoms with Gasteiger partial charge in [0.1, 0.15) is 12.3 Å². The van der Waals surface area contributed by atoms with E-state index < -0.39 is 0 Å². The fourth-order valence-electron chi connectivity index (χ4n) is 3.79. The molecule has 0 atom stereocenters. The second-order valence-electron chi connectivity index (χ2n) is 8.40. The number of urea groups is 1. The zero-order chi connectivity index (χ0) is 24.5. The molecule has 0 saturated heterocycles. The predicted octanol–water partition coefficient (Wildman–Crippen LogP) is 4.33. The number of amides is 3. The smallest absolute Gasteiger partial charge is 0.322 e. The summed E-state index contributed by atoms with van der Waals surface area (Å²) in [7, 11) is 3.57. The van der Waals surface area contributed by atoms with E-state index in [4.69, 9.17) is 9.15 Å². The van der Waals surface area contributed by atoms with E-state index in [2.05, 4.69) is 5.32 Å². The van der Waals surface area contributed by atoms with Gasteiger partial charge in [-0.3, -0.25) is 4.79 Å². The quantitative estimate of drug-likeness (QED) is 0.427. The molecule has 3 rings (SSSR count). The number of methoxy groups -OCH3 is 1. The third-order valence-electron chi connectivity index (χ3n) is 5.79. The second-order valence-corrected chi connectivity index (χ2v) is 8.40. The normalized spacial score (nSPS) is 10.8. The summed E-state index contributed by atoms with van der Waals surface area (Å²) < 4.78 is 12.6. The summed E-state index contributed by atoms with van der Waals surface area (Å²) in [5.74, 6) is 0.528. The molecule has 3 aromatic rings. The molecule has 3 amide bonds. The minimum Gasteiger partial charge on any atom is -0.467 e. The van der Waals surface area contributed by atoms with Gasteiger partial charge in [-0.1, -0.05) is 18.2 Å². The molecule has 0 bridgehead atoms. The van der Waals surface area contributed by atoms with E-state index in [1.165, 1.54) is 0 Å². The lowest BCUT2D eigenvalue weighted by molar-refractivity contribution is -0.133. The van der Waals surface area contributed by atoms with Crippen molar-refractivity contribution in [3.8, 4) is 0 Å². The monoisotopic (exact) mass is 466 g/mol. The zero-order valence-electron chi connectivity index (χ0n) is 20.4. The third-order valence-corrected chi connectivity index (χ3v) is 5.79. The molecule has 0 aliphatic rings. The Labute approximate surface area is 201 Å². The van der Waals surface area contributed by atoms with Gasteiger partial charge in [-0.25, -0.2) is 4.79 Å². The van der Waals surface area contributed by atoms with Crippen LogP contribution >= 0.6 is 0 Å². The predicted molar refractivity (Wildman–Crippen MR) is 131 cm³/mol. The molecule has 1 aromatic carbocycles. The Balaban J connectivity index is 1.77.